The standard InChI is InChI=1S/C19H23N/c1-19(2)12-9-15-13-7-5-6-8-14(13)18(20(3)4)11-16(15)17(19)10-12/h5-8,11-12,17H,9-10H2,1-4H3. The van der Waals surface area contributed by atoms with Gasteiger partial charge >= 0.3 is 0 Å². The van der Waals surface area contributed by atoms with Gasteiger partial charge in [-0.1, -0.05) is 38.1 Å². The number of anilines is 1. The van der Waals surface area contributed by atoms with E-state index in [9.17, 15) is 0 Å². The maximum atomic E-state index is 2.47. The minimum Gasteiger partial charge on any atom is -0.377 e. The van der Waals surface area contributed by atoms with E-state index in [1.807, 2.05) is 0 Å². The van der Waals surface area contributed by atoms with Crippen LogP contribution >= 0.6 is 0 Å². The molecule has 104 valence electrons. The molecule has 0 saturated heterocycles. The largest absolute Gasteiger partial charge is 0.377 e. The number of hydrogen-bond donors (Lipinski definition) is 0. The third-order valence-corrected chi connectivity index (χ3v) is 5.95. The third kappa shape index (κ3) is 1.38. The molecule has 5 rings (SSSR count). The quantitative estimate of drug-likeness (QED) is 0.729. The van der Waals surface area contributed by atoms with Crippen molar-refractivity contribution in [2.24, 2.45) is 11.3 Å². The summed E-state index contributed by atoms with van der Waals surface area (Å²) >= 11 is 0. The lowest BCUT2D eigenvalue weighted by molar-refractivity contribution is 0.0192. The molecule has 20 heavy (non-hydrogen) atoms. The number of hydrogen-bond acceptors (Lipinski definition) is 1. The Morgan fingerprint density at radius 2 is 1.80 bits per heavy atom. The first-order chi connectivity index (χ1) is 9.50. The second kappa shape index (κ2) is 3.78. The monoisotopic (exact) mass is 265 g/mol. The summed E-state index contributed by atoms with van der Waals surface area (Å²) in [4.78, 5) is 2.26. The van der Waals surface area contributed by atoms with Gasteiger partial charge < -0.3 is 4.90 Å². The van der Waals surface area contributed by atoms with Crippen LogP contribution in [-0.4, -0.2) is 14.1 Å². The minimum atomic E-state index is 0.499. The first kappa shape index (κ1) is 12.3. The summed E-state index contributed by atoms with van der Waals surface area (Å²) < 4.78 is 0. The summed E-state index contributed by atoms with van der Waals surface area (Å²) in [6.45, 7) is 4.92. The fourth-order valence-electron chi connectivity index (χ4n) is 4.48. The van der Waals surface area contributed by atoms with Gasteiger partial charge in [0.15, 0.2) is 0 Å². The molecule has 2 aromatic carbocycles. The molecule has 0 aliphatic heterocycles. The number of fused-ring (bicyclic) bond motifs is 1. The Bertz CT molecular complexity index is 696. The van der Waals surface area contributed by atoms with E-state index in [1.54, 1.807) is 11.1 Å². The molecule has 1 saturated carbocycles. The zero-order chi connectivity index (χ0) is 14.1. The maximum Gasteiger partial charge on any atom is 0.0443 e. The zero-order valence-electron chi connectivity index (χ0n) is 12.9. The van der Waals surface area contributed by atoms with Gasteiger partial charge in [-0.2, -0.15) is 0 Å². The molecule has 0 aromatic heterocycles. The van der Waals surface area contributed by atoms with Gasteiger partial charge in [0.25, 0.3) is 0 Å². The van der Waals surface area contributed by atoms with Crippen LogP contribution in [0, 0.1) is 11.3 Å². The van der Waals surface area contributed by atoms with Gasteiger partial charge in [-0.15, -0.1) is 0 Å². The predicted octanol–water partition coefficient (Wildman–Crippen LogP) is 4.59. The average Bonchev–Trinajstić information content (AvgIpc) is 2.45. The Labute approximate surface area is 121 Å². The first-order valence-corrected chi connectivity index (χ1v) is 7.72. The van der Waals surface area contributed by atoms with Crippen molar-refractivity contribution in [3.05, 3.63) is 41.5 Å². The van der Waals surface area contributed by atoms with Crippen molar-refractivity contribution in [1.82, 2.24) is 0 Å². The molecule has 1 nitrogen and oxygen atoms in total. The Morgan fingerprint density at radius 1 is 1.10 bits per heavy atom. The van der Waals surface area contributed by atoms with Crippen molar-refractivity contribution in [1.29, 1.82) is 0 Å². The van der Waals surface area contributed by atoms with E-state index in [0.717, 1.165) is 11.8 Å². The van der Waals surface area contributed by atoms with Crippen molar-refractivity contribution in [3.8, 4) is 0 Å². The smallest absolute Gasteiger partial charge is 0.0443 e. The van der Waals surface area contributed by atoms with E-state index in [0.29, 0.717) is 5.41 Å². The summed E-state index contributed by atoms with van der Waals surface area (Å²) in [6, 6.07) is 11.4. The van der Waals surface area contributed by atoms with E-state index < -0.39 is 0 Å². The van der Waals surface area contributed by atoms with Crippen LogP contribution in [0.1, 0.15) is 37.3 Å². The van der Waals surface area contributed by atoms with Crippen LogP contribution in [0.25, 0.3) is 10.8 Å². The summed E-state index contributed by atoms with van der Waals surface area (Å²) in [5.74, 6) is 1.65. The molecule has 0 amide bonds. The van der Waals surface area contributed by atoms with Crippen LogP contribution < -0.4 is 4.90 Å². The van der Waals surface area contributed by atoms with Crippen LogP contribution in [0.4, 0.5) is 5.69 Å². The molecule has 0 heterocycles. The molecule has 3 aliphatic carbocycles. The highest BCUT2D eigenvalue weighted by molar-refractivity contribution is 5.98. The molecule has 1 heteroatoms. The Morgan fingerprint density at radius 3 is 2.45 bits per heavy atom. The fourth-order valence-corrected chi connectivity index (χ4v) is 4.48. The van der Waals surface area contributed by atoms with Gasteiger partial charge in [-0.25, -0.2) is 0 Å². The lowest BCUT2D eigenvalue weighted by atomic mass is 9.47. The molecular weight excluding hydrogens is 242 g/mol. The van der Waals surface area contributed by atoms with Crippen LogP contribution in [0.5, 0.6) is 0 Å². The van der Waals surface area contributed by atoms with Crippen molar-refractivity contribution < 1.29 is 0 Å². The fraction of sp³-hybridized carbons (Fsp3) is 0.474. The van der Waals surface area contributed by atoms with E-state index in [4.69, 9.17) is 0 Å². The lowest BCUT2D eigenvalue weighted by Crippen LogP contribution is -2.48. The minimum absolute atomic E-state index is 0.499. The Kier molecular flexibility index (Phi) is 2.32. The van der Waals surface area contributed by atoms with Gasteiger partial charge in [0, 0.05) is 25.2 Å². The SMILES string of the molecule is CN(C)c1cc2c(c3ccccc13)CC1CC2C1(C)C. The highest BCUT2D eigenvalue weighted by Gasteiger charge is 2.52. The van der Waals surface area contributed by atoms with Crippen LogP contribution in [0.2, 0.25) is 0 Å². The first-order valence-electron chi connectivity index (χ1n) is 7.72. The van der Waals surface area contributed by atoms with Crippen molar-refractivity contribution in [2.75, 3.05) is 19.0 Å². The molecule has 2 aromatic rings. The highest BCUT2D eigenvalue weighted by atomic mass is 15.1. The summed E-state index contributed by atoms with van der Waals surface area (Å²) in [5, 5.41) is 2.90. The maximum absolute atomic E-state index is 2.47. The normalized spacial score (nSPS) is 26.0. The van der Waals surface area contributed by atoms with Crippen LogP contribution in [0.15, 0.2) is 30.3 Å². The van der Waals surface area contributed by atoms with Gasteiger partial charge in [0.2, 0.25) is 0 Å². The molecule has 2 unspecified atom stereocenters. The third-order valence-electron chi connectivity index (χ3n) is 5.95. The molecule has 3 aliphatic rings. The Balaban J connectivity index is 2.04. The van der Waals surface area contributed by atoms with E-state index in [2.05, 4.69) is 63.2 Å². The van der Waals surface area contributed by atoms with E-state index >= 15 is 0 Å². The second-order valence-corrected chi connectivity index (χ2v) is 7.41. The number of nitrogens with zero attached hydrogens (tertiary/aromatic N) is 1. The molecule has 1 fully saturated rings. The van der Waals surface area contributed by atoms with Gasteiger partial charge in [-0.05, 0) is 52.7 Å². The lowest BCUT2D eigenvalue weighted by Gasteiger charge is -2.57. The van der Waals surface area contributed by atoms with Crippen LogP contribution in [-0.2, 0) is 6.42 Å². The van der Waals surface area contributed by atoms with Gasteiger partial charge in [-0.3, -0.25) is 0 Å². The summed E-state index contributed by atoms with van der Waals surface area (Å²) in [7, 11) is 4.32. The van der Waals surface area contributed by atoms with Crippen molar-refractivity contribution >= 4 is 16.5 Å². The topological polar surface area (TPSA) is 3.24 Å². The molecule has 2 atom stereocenters. The molecule has 0 spiro atoms. The molecule has 2 bridgehead atoms. The van der Waals surface area contributed by atoms with Crippen molar-refractivity contribution in [3.63, 3.8) is 0 Å². The average molecular weight is 265 g/mol. The highest BCUT2D eigenvalue weighted by Crippen LogP contribution is 2.63. The zero-order valence-corrected chi connectivity index (χ0v) is 12.9. The van der Waals surface area contributed by atoms with Gasteiger partial charge in [0.05, 0.1) is 0 Å². The van der Waals surface area contributed by atoms with E-state index in [-0.39, 0.29) is 0 Å². The van der Waals surface area contributed by atoms with E-state index in [1.165, 1.54) is 29.3 Å². The Hall–Kier alpha value is -1.50. The summed E-state index contributed by atoms with van der Waals surface area (Å²) in [6.07, 6.45) is 2.66. The number of rotatable bonds is 1. The predicted molar refractivity (Wildman–Crippen MR) is 86.6 cm³/mol. The molecule has 0 radical (unpaired) electrons. The molecule has 0 N–H and O–H groups in total. The van der Waals surface area contributed by atoms with Gasteiger partial charge in [0.1, 0.15) is 0 Å². The molecular formula is C19H23N. The van der Waals surface area contributed by atoms with Crippen molar-refractivity contribution in [2.45, 2.75) is 32.6 Å². The second-order valence-electron chi connectivity index (χ2n) is 7.41. The van der Waals surface area contributed by atoms with Crippen LogP contribution in [0.3, 0.4) is 0 Å². The number of benzene rings is 2. The summed E-state index contributed by atoms with van der Waals surface area (Å²) in [5.41, 5.74) is 5.13.